The number of benzene rings is 4. The van der Waals surface area contributed by atoms with Crippen molar-refractivity contribution in [1.82, 2.24) is 0 Å². The third-order valence-electron chi connectivity index (χ3n) is 11.5. The number of sulfone groups is 2. The summed E-state index contributed by atoms with van der Waals surface area (Å²) in [7, 11) is -7.63. The maximum absolute atomic E-state index is 14.7. The lowest BCUT2D eigenvalue weighted by atomic mass is 9.70. The van der Waals surface area contributed by atoms with Gasteiger partial charge in [-0.2, -0.15) is 0 Å². The highest BCUT2D eigenvalue weighted by Gasteiger charge is 2.50. The standard InChI is InChI=1S/C43H48O6S2/c1-4-7-26-42(5-2)30-51(48,49)37-28-31(24-25-35(37)39(41(42)45)33-20-12-9-13-21-33)17-16-27-43(6-3)29-50(46,47)36-23-15-14-22-34(36)38(40(43)44)32-18-10-8-11-19-32/h8-15,18-25,28,38-39H,4-7,16-17,26-27,29-30H2,1-3H3/t38-,39+,42+,43+/m0/s1. The van der Waals surface area contributed by atoms with Crippen LogP contribution in [0.2, 0.25) is 0 Å². The van der Waals surface area contributed by atoms with Crippen LogP contribution in [0.5, 0.6) is 0 Å². The molecule has 0 amide bonds. The predicted molar refractivity (Wildman–Crippen MR) is 201 cm³/mol. The molecule has 4 aromatic rings. The van der Waals surface area contributed by atoms with Gasteiger partial charge in [-0.1, -0.05) is 125 Å². The lowest BCUT2D eigenvalue weighted by molar-refractivity contribution is -0.129. The molecule has 6 nitrogen and oxygen atoms in total. The Hall–Kier alpha value is -3.88. The molecule has 4 atom stereocenters. The van der Waals surface area contributed by atoms with E-state index in [-0.39, 0.29) is 32.9 Å². The number of carbonyl (C=O) groups is 2. The van der Waals surface area contributed by atoms with E-state index < -0.39 is 42.3 Å². The molecule has 0 aliphatic carbocycles. The van der Waals surface area contributed by atoms with Crippen LogP contribution in [0, 0.1) is 10.8 Å². The van der Waals surface area contributed by atoms with E-state index in [1.165, 1.54) is 0 Å². The van der Waals surface area contributed by atoms with Crippen molar-refractivity contribution in [2.45, 2.75) is 93.8 Å². The number of hydrogen-bond donors (Lipinski definition) is 0. The fourth-order valence-corrected chi connectivity index (χ4v) is 13.0. The van der Waals surface area contributed by atoms with Crippen LogP contribution in [0.3, 0.4) is 0 Å². The summed E-state index contributed by atoms with van der Waals surface area (Å²) in [5.74, 6) is -2.03. The number of ketones is 2. The van der Waals surface area contributed by atoms with E-state index in [2.05, 4.69) is 6.92 Å². The van der Waals surface area contributed by atoms with Crippen molar-refractivity contribution >= 4 is 31.2 Å². The second kappa shape index (κ2) is 14.6. The van der Waals surface area contributed by atoms with Gasteiger partial charge in [0.2, 0.25) is 0 Å². The largest absolute Gasteiger partial charge is 0.298 e. The molecule has 4 aromatic carbocycles. The summed E-state index contributed by atoms with van der Waals surface area (Å²) in [6.07, 6.45) is 4.24. The molecule has 2 aliphatic heterocycles. The minimum Gasteiger partial charge on any atom is -0.298 e. The van der Waals surface area contributed by atoms with Gasteiger partial charge in [0.1, 0.15) is 0 Å². The van der Waals surface area contributed by atoms with E-state index in [0.717, 1.165) is 29.5 Å². The van der Waals surface area contributed by atoms with Crippen LogP contribution < -0.4 is 0 Å². The van der Waals surface area contributed by atoms with Gasteiger partial charge in [-0.15, -0.1) is 0 Å². The Bertz CT molecular complexity index is 2130. The van der Waals surface area contributed by atoms with Gasteiger partial charge < -0.3 is 0 Å². The maximum atomic E-state index is 14.7. The second-order valence-electron chi connectivity index (χ2n) is 14.6. The van der Waals surface area contributed by atoms with E-state index in [9.17, 15) is 26.4 Å². The zero-order valence-corrected chi connectivity index (χ0v) is 31.4. The van der Waals surface area contributed by atoms with Crippen molar-refractivity contribution in [2.75, 3.05) is 11.5 Å². The molecule has 6 rings (SSSR count). The third-order valence-corrected chi connectivity index (χ3v) is 15.5. The van der Waals surface area contributed by atoms with Crippen molar-refractivity contribution in [3.63, 3.8) is 0 Å². The molecule has 51 heavy (non-hydrogen) atoms. The lowest BCUT2D eigenvalue weighted by Gasteiger charge is -2.32. The molecule has 0 N–H and O–H groups in total. The van der Waals surface area contributed by atoms with Gasteiger partial charge in [-0.05, 0) is 78.5 Å². The number of rotatable bonds is 11. The van der Waals surface area contributed by atoms with Crippen LogP contribution in [-0.4, -0.2) is 39.9 Å². The number of hydrogen-bond acceptors (Lipinski definition) is 6. The summed E-state index contributed by atoms with van der Waals surface area (Å²) < 4.78 is 56.5. The van der Waals surface area contributed by atoms with Gasteiger partial charge in [-0.25, -0.2) is 16.8 Å². The van der Waals surface area contributed by atoms with Crippen molar-refractivity contribution < 1.29 is 26.4 Å². The fourth-order valence-electron chi connectivity index (χ4n) is 8.56. The Morgan fingerprint density at radius 1 is 0.569 bits per heavy atom. The molecule has 0 aromatic heterocycles. The molecule has 0 radical (unpaired) electrons. The van der Waals surface area contributed by atoms with Crippen LogP contribution >= 0.6 is 0 Å². The van der Waals surface area contributed by atoms with Crippen molar-refractivity contribution in [1.29, 1.82) is 0 Å². The summed E-state index contributed by atoms with van der Waals surface area (Å²) in [6.45, 7) is 5.86. The lowest BCUT2D eigenvalue weighted by Crippen LogP contribution is -2.39. The Labute approximate surface area is 303 Å². The van der Waals surface area contributed by atoms with Gasteiger partial charge in [0, 0.05) is 10.8 Å². The van der Waals surface area contributed by atoms with Crippen molar-refractivity contribution in [2.24, 2.45) is 10.8 Å². The Balaban J connectivity index is 1.35. The van der Waals surface area contributed by atoms with Gasteiger partial charge in [0.25, 0.3) is 0 Å². The first-order valence-corrected chi connectivity index (χ1v) is 21.6. The Kier molecular flexibility index (Phi) is 10.6. The van der Waals surface area contributed by atoms with Crippen LogP contribution in [0.15, 0.2) is 113 Å². The van der Waals surface area contributed by atoms with E-state index in [4.69, 9.17) is 0 Å². The molecule has 8 heteroatoms. The van der Waals surface area contributed by atoms with Crippen LogP contribution in [0.25, 0.3) is 0 Å². The molecule has 0 unspecified atom stereocenters. The first kappa shape index (κ1) is 36.9. The minimum atomic E-state index is -3.84. The number of unbranched alkanes of at least 4 members (excludes halogenated alkanes) is 1. The van der Waals surface area contributed by atoms with E-state index in [0.29, 0.717) is 49.7 Å². The normalized spacial score (nSPS) is 25.3. The van der Waals surface area contributed by atoms with Crippen LogP contribution in [0.1, 0.15) is 105 Å². The Morgan fingerprint density at radius 3 is 1.57 bits per heavy atom. The molecule has 0 saturated carbocycles. The van der Waals surface area contributed by atoms with E-state index in [1.54, 1.807) is 30.3 Å². The first-order chi connectivity index (χ1) is 24.4. The summed E-state index contributed by atoms with van der Waals surface area (Å²) in [4.78, 5) is 29.6. The number of carbonyl (C=O) groups excluding carboxylic acids is 2. The van der Waals surface area contributed by atoms with Crippen molar-refractivity contribution in [3.05, 3.63) is 131 Å². The molecule has 0 spiro atoms. The third kappa shape index (κ3) is 6.89. The van der Waals surface area contributed by atoms with E-state index in [1.807, 2.05) is 86.6 Å². The highest BCUT2D eigenvalue weighted by atomic mass is 32.2. The summed E-state index contributed by atoms with van der Waals surface area (Å²) >= 11 is 0. The highest BCUT2D eigenvalue weighted by Crippen LogP contribution is 2.48. The van der Waals surface area contributed by atoms with Gasteiger partial charge >= 0.3 is 0 Å². The molecule has 0 bridgehead atoms. The summed E-state index contributed by atoms with van der Waals surface area (Å²) in [5.41, 5.74) is 1.26. The quantitative estimate of drug-likeness (QED) is 0.153. The zero-order valence-electron chi connectivity index (χ0n) is 29.8. The minimum absolute atomic E-state index is 0.0355. The summed E-state index contributed by atoms with van der Waals surface area (Å²) in [6, 6.07) is 31.2. The topological polar surface area (TPSA) is 102 Å². The number of aryl methyl sites for hydroxylation is 1. The smallest absolute Gasteiger partial charge is 0.179 e. The van der Waals surface area contributed by atoms with Crippen molar-refractivity contribution in [3.8, 4) is 0 Å². The second-order valence-corrected chi connectivity index (χ2v) is 18.5. The first-order valence-electron chi connectivity index (χ1n) is 18.3. The van der Waals surface area contributed by atoms with Gasteiger partial charge in [0.15, 0.2) is 31.2 Å². The fraction of sp³-hybridized carbons (Fsp3) is 0.395. The molecule has 0 saturated heterocycles. The van der Waals surface area contributed by atoms with Gasteiger partial charge in [-0.3, -0.25) is 9.59 Å². The molecular weight excluding hydrogens is 677 g/mol. The number of Topliss-reactive ketones (excluding diaryl/α,β-unsaturated/α-hetero) is 2. The highest BCUT2D eigenvalue weighted by molar-refractivity contribution is 7.91. The van der Waals surface area contributed by atoms with Gasteiger partial charge in [0.05, 0.1) is 33.1 Å². The molecule has 268 valence electrons. The maximum Gasteiger partial charge on any atom is 0.179 e. The molecular formula is C43H48O6S2. The van der Waals surface area contributed by atoms with Crippen LogP contribution in [0.4, 0.5) is 0 Å². The van der Waals surface area contributed by atoms with Crippen LogP contribution in [-0.2, 0) is 35.7 Å². The SMILES string of the molecule is CCCC[C@]1(CC)CS(=O)(=O)c2cc(CCC[C@]3(CC)CS(=O)(=O)c4ccccc4[C@H](c4ccccc4)C3=O)ccc2[C@@H](c2ccccc2)C1=O. The van der Waals surface area contributed by atoms with E-state index >= 15 is 0 Å². The average Bonchev–Trinajstić information content (AvgIpc) is 3.26. The zero-order chi connectivity index (χ0) is 36.4. The number of fused-ring (bicyclic) bond motifs is 2. The Morgan fingerprint density at radius 2 is 1.04 bits per heavy atom. The molecule has 0 fully saturated rings. The molecule has 2 aliphatic rings. The molecule has 2 heterocycles. The monoisotopic (exact) mass is 724 g/mol. The average molecular weight is 725 g/mol. The summed E-state index contributed by atoms with van der Waals surface area (Å²) in [5, 5.41) is 0. The predicted octanol–water partition coefficient (Wildman–Crippen LogP) is 8.67.